The lowest BCUT2D eigenvalue weighted by atomic mass is 10.1. The Bertz CT molecular complexity index is 1470. The molecule has 0 unspecified atom stereocenters. The number of nitrogens with one attached hydrogen (secondary N) is 1. The van der Waals surface area contributed by atoms with Crippen molar-refractivity contribution in [2.75, 3.05) is 12.4 Å². The van der Waals surface area contributed by atoms with Crippen LogP contribution in [0.15, 0.2) is 72.5 Å². The Hall–Kier alpha value is -4.24. The molecule has 0 saturated heterocycles. The topological polar surface area (TPSA) is 91.2 Å². The number of carbonyl (C=O) groups is 1. The number of hydrogen-bond acceptors (Lipinski definition) is 7. The molecule has 0 aliphatic heterocycles. The number of ether oxygens (including phenoxy) is 2. The van der Waals surface area contributed by atoms with Crippen LogP contribution >= 0.6 is 11.3 Å². The molecular weight excluding hydrogens is 462 g/mol. The van der Waals surface area contributed by atoms with E-state index in [2.05, 4.69) is 26.4 Å². The number of hydrogen-bond donors (Lipinski definition) is 1. The fraction of sp³-hybridized carbons (Fsp3) is 0.154. The molecule has 1 N–H and O–H groups in total. The molecular formula is C26H23N5O3S. The van der Waals surface area contributed by atoms with Gasteiger partial charge in [-0.05, 0) is 42.6 Å². The lowest BCUT2D eigenvalue weighted by Gasteiger charge is -2.13. The van der Waals surface area contributed by atoms with E-state index in [0.29, 0.717) is 46.9 Å². The molecule has 0 atom stereocenters. The second kappa shape index (κ2) is 9.94. The van der Waals surface area contributed by atoms with Gasteiger partial charge in [0.05, 0.1) is 30.8 Å². The molecule has 8 nitrogen and oxygen atoms in total. The standard InChI is InChI=1S/C26H23N5O3S/c1-17-11-21(22-14-28-31(25(22)29-17)15-20-6-4-10-35-20)26(32)30-19-7-8-23(33-2)24(12-19)34-16-18-5-3-9-27-13-18/h3-14H,15-16H2,1-2H3,(H,30,32). The Morgan fingerprint density at radius 1 is 1.11 bits per heavy atom. The second-order valence-corrected chi connectivity index (χ2v) is 8.93. The van der Waals surface area contributed by atoms with Gasteiger partial charge in [0.2, 0.25) is 0 Å². The van der Waals surface area contributed by atoms with Crippen molar-refractivity contribution in [2.45, 2.75) is 20.1 Å². The minimum atomic E-state index is -0.250. The van der Waals surface area contributed by atoms with Gasteiger partial charge in [0.1, 0.15) is 6.61 Å². The summed E-state index contributed by atoms with van der Waals surface area (Å²) in [6.45, 7) is 2.81. The van der Waals surface area contributed by atoms with Crippen molar-refractivity contribution in [3.05, 3.63) is 94.2 Å². The summed E-state index contributed by atoms with van der Waals surface area (Å²) < 4.78 is 13.2. The minimum Gasteiger partial charge on any atom is -0.493 e. The van der Waals surface area contributed by atoms with Crippen LogP contribution in [0.4, 0.5) is 5.69 Å². The van der Waals surface area contributed by atoms with Crippen LogP contribution in [-0.2, 0) is 13.2 Å². The summed E-state index contributed by atoms with van der Waals surface area (Å²) >= 11 is 1.66. The molecule has 5 aromatic rings. The highest BCUT2D eigenvalue weighted by Crippen LogP contribution is 2.31. The SMILES string of the molecule is COc1ccc(NC(=O)c2cc(C)nc3c2cnn3Cc2cccs2)cc1OCc1cccnc1. The van der Waals surface area contributed by atoms with Crippen molar-refractivity contribution in [3.63, 3.8) is 0 Å². The molecule has 5 rings (SSSR count). The Morgan fingerprint density at radius 3 is 2.80 bits per heavy atom. The maximum atomic E-state index is 13.3. The van der Waals surface area contributed by atoms with E-state index in [0.717, 1.165) is 11.3 Å². The minimum absolute atomic E-state index is 0.250. The first kappa shape index (κ1) is 22.5. The average molecular weight is 486 g/mol. The summed E-state index contributed by atoms with van der Waals surface area (Å²) in [4.78, 5) is 23.2. The van der Waals surface area contributed by atoms with E-state index in [4.69, 9.17) is 9.47 Å². The van der Waals surface area contributed by atoms with Gasteiger partial charge in [-0.15, -0.1) is 11.3 Å². The zero-order valence-electron chi connectivity index (χ0n) is 19.3. The van der Waals surface area contributed by atoms with Crippen LogP contribution < -0.4 is 14.8 Å². The number of anilines is 1. The van der Waals surface area contributed by atoms with E-state index in [1.54, 1.807) is 61.3 Å². The number of amides is 1. The first-order chi connectivity index (χ1) is 17.1. The molecule has 9 heteroatoms. The fourth-order valence-corrected chi connectivity index (χ4v) is 4.42. The molecule has 4 heterocycles. The first-order valence-corrected chi connectivity index (χ1v) is 11.9. The molecule has 1 amide bonds. The Morgan fingerprint density at radius 2 is 2.03 bits per heavy atom. The lowest BCUT2D eigenvalue weighted by molar-refractivity contribution is 0.102. The van der Waals surface area contributed by atoms with Crippen LogP contribution in [0.5, 0.6) is 11.5 Å². The third-order valence-electron chi connectivity index (χ3n) is 5.41. The third-order valence-corrected chi connectivity index (χ3v) is 6.27. The number of aromatic nitrogens is 4. The number of benzene rings is 1. The van der Waals surface area contributed by atoms with Crippen molar-refractivity contribution in [3.8, 4) is 11.5 Å². The predicted molar refractivity (Wildman–Crippen MR) is 135 cm³/mol. The number of rotatable bonds is 8. The lowest BCUT2D eigenvalue weighted by Crippen LogP contribution is -2.13. The van der Waals surface area contributed by atoms with Crippen molar-refractivity contribution in [2.24, 2.45) is 0 Å². The van der Waals surface area contributed by atoms with Crippen molar-refractivity contribution >= 4 is 34.0 Å². The highest BCUT2D eigenvalue weighted by molar-refractivity contribution is 7.09. The highest BCUT2D eigenvalue weighted by atomic mass is 32.1. The van der Waals surface area contributed by atoms with Crippen molar-refractivity contribution in [1.29, 1.82) is 0 Å². The molecule has 0 fully saturated rings. The molecule has 0 aliphatic carbocycles. The van der Waals surface area contributed by atoms with Crippen LogP contribution in [0.25, 0.3) is 11.0 Å². The molecule has 0 saturated carbocycles. The second-order valence-electron chi connectivity index (χ2n) is 7.90. The number of nitrogens with zero attached hydrogens (tertiary/aromatic N) is 4. The summed E-state index contributed by atoms with van der Waals surface area (Å²) in [6.07, 6.45) is 5.15. The van der Waals surface area contributed by atoms with Crippen LogP contribution in [0, 0.1) is 6.92 Å². The third kappa shape index (κ3) is 4.99. The van der Waals surface area contributed by atoms with Crippen LogP contribution in [0.2, 0.25) is 0 Å². The fourth-order valence-electron chi connectivity index (χ4n) is 3.74. The number of pyridine rings is 2. The average Bonchev–Trinajstić information content (AvgIpc) is 3.53. The normalized spacial score (nSPS) is 10.9. The molecule has 35 heavy (non-hydrogen) atoms. The van der Waals surface area contributed by atoms with Gasteiger partial charge in [0.25, 0.3) is 5.91 Å². The van der Waals surface area contributed by atoms with E-state index in [-0.39, 0.29) is 5.91 Å². The smallest absolute Gasteiger partial charge is 0.256 e. The van der Waals surface area contributed by atoms with Gasteiger partial charge in [0, 0.05) is 40.3 Å². The molecule has 1 aromatic carbocycles. The Kier molecular flexibility index (Phi) is 6.40. The van der Waals surface area contributed by atoms with E-state index in [1.165, 1.54) is 4.88 Å². The summed E-state index contributed by atoms with van der Waals surface area (Å²) in [5, 5.41) is 10.2. The van der Waals surface area contributed by atoms with Gasteiger partial charge in [-0.2, -0.15) is 5.10 Å². The summed E-state index contributed by atoms with van der Waals surface area (Å²) in [7, 11) is 1.58. The van der Waals surface area contributed by atoms with Crippen molar-refractivity contribution < 1.29 is 14.3 Å². The predicted octanol–water partition coefficient (Wildman–Crippen LogP) is 5.08. The number of thiophene rings is 1. The van der Waals surface area contributed by atoms with E-state index < -0.39 is 0 Å². The maximum Gasteiger partial charge on any atom is 0.256 e. The van der Waals surface area contributed by atoms with Gasteiger partial charge in [-0.1, -0.05) is 12.1 Å². The van der Waals surface area contributed by atoms with Crippen LogP contribution in [0.3, 0.4) is 0 Å². The molecule has 0 radical (unpaired) electrons. The molecule has 176 valence electrons. The number of methoxy groups -OCH3 is 1. The summed E-state index contributed by atoms with van der Waals surface area (Å²) in [6, 6.07) is 14.9. The molecule has 0 bridgehead atoms. The van der Waals surface area contributed by atoms with Crippen LogP contribution in [-0.4, -0.2) is 32.8 Å². The molecule has 0 aliphatic rings. The zero-order chi connectivity index (χ0) is 24.2. The first-order valence-electron chi connectivity index (χ1n) is 11.0. The number of aryl methyl sites for hydroxylation is 1. The van der Waals surface area contributed by atoms with E-state index in [9.17, 15) is 4.79 Å². The number of fused-ring (bicyclic) bond motifs is 1. The van der Waals surface area contributed by atoms with Gasteiger partial charge >= 0.3 is 0 Å². The van der Waals surface area contributed by atoms with Crippen molar-refractivity contribution in [1.82, 2.24) is 19.7 Å². The van der Waals surface area contributed by atoms with Gasteiger partial charge in [-0.3, -0.25) is 9.78 Å². The largest absolute Gasteiger partial charge is 0.493 e. The quantitative estimate of drug-likeness (QED) is 0.329. The monoisotopic (exact) mass is 485 g/mol. The zero-order valence-corrected chi connectivity index (χ0v) is 20.1. The molecule has 4 aromatic heterocycles. The Balaban J connectivity index is 1.39. The van der Waals surface area contributed by atoms with Gasteiger partial charge in [0.15, 0.2) is 17.1 Å². The maximum absolute atomic E-state index is 13.3. The van der Waals surface area contributed by atoms with Gasteiger partial charge < -0.3 is 14.8 Å². The van der Waals surface area contributed by atoms with E-state index >= 15 is 0 Å². The summed E-state index contributed by atoms with van der Waals surface area (Å²) in [5.41, 5.74) is 3.45. The summed E-state index contributed by atoms with van der Waals surface area (Å²) in [5.74, 6) is 0.845. The highest BCUT2D eigenvalue weighted by Gasteiger charge is 2.17. The number of carbonyl (C=O) groups excluding carboxylic acids is 1. The Labute approximate surface area is 206 Å². The van der Waals surface area contributed by atoms with Gasteiger partial charge in [-0.25, -0.2) is 9.67 Å². The molecule has 0 spiro atoms. The van der Waals surface area contributed by atoms with Crippen LogP contribution in [0.1, 0.15) is 26.5 Å². The van der Waals surface area contributed by atoms with E-state index in [1.807, 2.05) is 35.2 Å².